The molecular formula is C13H27NO3. The second-order valence-electron chi connectivity index (χ2n) is 6.22. The van der Waals surface area contributed by atoms with E-state index in [9.17, 15) is 4.79 Å². The third kappa shape index (κ3) is 8.02. The van der Waals surface area contributed by atoms with Crippen molar-refractivity contribution in [3.8, 4) is 0 Å². The van der Waals surface area contributed by atoms with Crippen molar-refractivity contribution >= 4 is 6.09 Å². The van der Waals surface area contributed by atoms with Gasteiger partial charge < -0.3 is 14.8 Å². The van der Waals surface area contributed by atoms with E-state index in [0.717, 1.165) is 0 Å². The van der Waals surface area contributed by atoms with E-state index in [2.05, 4.69) is 26.1 Å². The molecule has 0 aliphatic carbocycles. The van der Waals surface area contributed by atoms with Crippen LogP contribution in [-0.2, 0) is 9.47 Å². The SMILES string of the molecule is CCOC[C@H](NC(=O)OC(C)(C)C)C(C)(C)C. The first-order chi connectivity index (χ1) is 7.56. The van der Waals surface area contributed by atoms with Crippen molar-refractivity contribution in [3.05, 3.63) is 0 Å². The minimum atomic E-state index is -0.474. The Morgan fingerprint density at radius 2 is 1.71 bits per heavy atom. The van der Waals surface area contributed by atoms with Gasteiger partial charge in [-0.2, -0.15) is 0 Å². The summed E-state index contributed by atoms with van der Waals surface area (Å²) in [6, 6.07) is -0.0581. The number of carbonyl (C=O) groups is 1. The fourth-order valence-corrected chi connectivity index (χ4v) is 1.19. The van der Waals surface area contributed by atoms with Gasteiger partial charge in [-0.3, -0.25) is 0 Å². The molecule has 0 spiro atoms. The minimum absolute atomic E-state index is 0.0581. The molecule has 0 aromatic heterocycles. The Balaban J connectivity index is 4.39. The van der Waals surface area contributed by atoms with Crippen LogP contribution in [0.1, 0.15) is 48.5 Å². The van der Waals surface area contributed by atoms with Crippen LogP contribution < -0.4 is 5.32 Å². The third-order valence-corrected chi connectivity index (χ3v) is 2.22. The Labute approximate surface area is 105 Å². The standard InChI is InChI=1S/C13H27NO3/c1-8-16-9-10(12(2,3)4)14-11(15)17-13(5,6)7/h10H,8-9H2,1-7H3,(H,14,15)/t10-/m0/s1. The van der Waals surface area contributed by atoms with Gasteiger partial charge in [0.15, 0.2) is 0 Å². The number of carbonyl (C=O) groups excluding carboxylic acids is 1. The van der Waals surface area contributed by atoms with E-state index in [1.165, 1.54) is 0 Å². The first-order valence-corrected chi connectivity index (χ1v) is 6.13. The molecule has 4 heteroatoms. The highest BCUT2D eigenvalue weighted by Gasteiger charge is 2.28. The van der Waals surface area contributed by atoms with Crippen molar-refractivity contribution in [1.29, 1.82) is 0 Å². The molecule has 0 saturated heterocycles. The summed E-state index contributed by atoms with van der Waals surface area (Å²) in [7, 11) is 0. The summed E-state index contributed by atoms with van der Waals surface area (Å²) in [6.45, 7) is 14.8. The lowest BCUT2D eigenvalue weighted by atomic mass is 9.87. The van der Waals surface area contributed by atoms with Crippen molar-refractivity contribution in [2.24, 2.45) is 5.41 Å². The minimum Gasteiger partial charge on any atom is -0.444 e. The molecule has 0 bridgehead atoms. The van der Waals surface area contributed by atoms with Gasteiger partial charge in [0.2, 0.25) is 0 Å². The number of rotatable bonds is 4. The van der Waals surface area contributed by atoms with Crippen LogP contribution in [0.25, 0.3) is 0 Å². The van der Waals surface area contributed by atoms with Gasteiger partial charge in [-0.15, -0.1) is 0 Å². The van der Waals surface area contributed by atoms with Crippen LogP contribution in [-0.4, -0.2) is 30.9 Å². The van der Waals surface area contributed by atoms with Crippen molar-refractivity contribution < 1.29 is 14.3 Å². The summed E-state index contributed by atoms with van der Waals surface area (Å²) in [4.78, 5) is 11.7. The molecule has 0 aromatic carbocycles. The highest BCUT2D eigenvalue weighted by atomic mass is 16.6. The zero-order valence-corrected chi connectivity index (χ0v) is 12.2. The number of hydrogen-bond acceptors (Lipinski definition) is 3. The van der Waals surface area contributed by atoms with E-state index in [0.29, 0.717) is 13.2 Å². The first kappa shape index (κ1) is 16.2. The zero-order chi connectivity index (χ0) is 13.7. The van der Waals surface area contributed by atoms with Gasteiger partial charge in [-0.25, -0.2) is 4.79 Å². The van der Waals surface area contributed by atoms with Gasteiger partial charge in [0.05, 0.1) is 12.6 Å². The highest BCUT2D eigenvalue weighted by molar-refractivity contribution is 5.68. The van der Waals surface area contributed by atoms with Crippen molar-refractivity contribution in [2.75, 3.05) is 13.2 Å². The van der Waals surface area contributed by atoms with E-state index in [1.807, 2.05) is 27.7 Å². The van der Waals surface area contributed by atoms with Crippen LogP contribution in [0.15, 0.2) is 0 Å². The van der Waals surface area contributed by atoms with E-state index in [1.54, 1.807) is 0 Å². The van der Waals surface area contributed by atoms with Gasteiger partial charge in [-0.1, -0.05) is 20.8 Å². The van der Waals surface area contributed by atoms with Gasteiger partial charge in [-0.05, 0) is 33.1 Å². The van der Waals surface area contributed by atoms with Gasteiger partial charge in [0, 0.05) is 6.61 Å². The number of nitrogens with one attached hydrogen (secondary N) is 1. The molecule has 0 aliphatic heterocycles. The number of hydrogen-bond donors (Lipinski definition) is 1. The van der Waals surface area contributed by atoms with Gasteiger partial charge in [0.25, 0.3) is 0 Å². The summed E-state index contributed by atoms with van der Waals surface area (Å²) in [5, 5.41) is 2.86. The summed E-state index contributed by atoms with van der Waals surface area (Å²) in [5.41, 5.74) is -0.537. The molecule has 1 N–H and O–H groups in total. The quantitative estimate of drug-likeness (QED) is 0.828. The summed E-state index contributed by atoms with van der Waals surface area (Å²) >= 11 is 0. The zero-order valence-electron chi connectivity index (χ0n) is 12.2. The molecular weight excluding hydrogens is 218 g/mol. The largest absolute Gasteiger partial charge is 0.444 e. The second kappa shape index (κ2) is 6.24. The van der Waals surface area contributed by atoms with E-state index in [4.69, 9.17) is 9.47 Å². The highest BCUT2D eigenvalue weighted by Crippen LogP contribution is 2.20. The first-order valence-electron chi connectivity index (χ1n) is 6.13. The fraction of sp³-hybridized carbons (Fsp3) is 0.923. The van der Waals surface area contributed by atoms with Crippen LogP contribution >= 0.6 is 0 Å². The Morgan fingerprint density at radius 3 is 2.06 bits per heavy atom. The normalized spacial score (nSPS) is 14.3. The Bertz CT molecular complexity index is 238. The summed E-state index contributed by atoms with van der Waals surface area (Å²) in [6.07, 6.45) is -0.392. The number of alkyl carbamates (subject to hydrolysis) is 1. The predicted octanol–water partition coefficient (Wildman–Crippen LogP) is 2.96. The lowest BCUT2D eigenvalue weighted by molar-refractivity contribution is 0.0345. The third-order valence-electron chi connectivity index (χ3n) is 2.22. The van der Waals surface area contributed by atoms with Crippen LogP contribution in [0, 0.1) is 5.41 Å². The van der Waals surface area contributed by atoms with Gasteiger partial charge >= 0.3 is 6.09 Å². The van der Waals surface area contributed by atoms with Crippen molar-refractivity contribution in [1.82, 2.24) is 5.32 Å². The van der Waals surface area contributed by atoms with Gasteiger partial charge in [0.1, 0.15) is 5.60 Å². The molecule has 1 amide bonds. The van der Waals surface area contributed by atoms with E-state index < -0.39 is 11.7 Å². The van der Waals surface area contributed by atoms with Crippen LogP contribution in [0.4, 0.5) is 4.79 Å². The van der Waals surface area contributed by atoms with Crippen LogP contribution in [0.3, 0.4) is 0 Å². The molecule has 4 nitrogen and oxygen atoms in total. The lowest BCUT2D eigenvalue weighted by Gasteiger charge is -2.32. The Morgan fingerprint density at radius 1 is 1.18 bits per heavy atom. The molecule has 0 aromatic rings. The topological polar surface area (TPSA) is 47.6 Å². The van der Waals surface area contributed by atoms with E-state index >= 15 is 0 Å². The monoisotopic (exact) mass is 245 g/mol. The Hall–Kier alpha value is -0.770. The fourth-order valence-electron chi connectivity index (χ4n) is 1.19. The maximum Gasteiger partial charge on any atom is 0.407 e. The summed E-state index contributed by atoms with van der Waals surface area (Å²) < 4.78 is 10.6. The lowest BCUT2D eigenvalue weighted by Crippen LogP contribution is -2.48. The van der Waals surface area contributed by atoms with Crippen molar-refractivity contribution in [2.45, 2.75) is 60.1 Å². The molecule has 0 heterocycles. The van der Waals surface area contributed by atoms with Crippen LogP contribution in [0.5, 0.6) is 0 Å². The molecule has 0 rings (SSSR count). The average Bonchev–Trinajstić information content (AvgIpc) is 2.07. The Kier molecular flexibility index (Phi) is 5.96. The molecule has 0 saturated carbocycles. The molecule has 0 fully saturated rings. The van der Waals surface area contributed by atoms with Crippen LogP contribution in [0.2, 0.25) is 0 Å². The molecule has 102 valence electrons. The molecule has 17 heavy (non-hydrogen) atoms. The predicted molar refractivity (Wildman–Crippen MR) is 69.1 cm³/mol. The maximum atomic E-state index is 11.7. The average molecular weight is 245 g/mol. The number of ether oxygens (including phenoxy) is 2. The molecule has 0 unspecified atom stereocenters. The summed E-state index contributed by atoms with van der Waals surface area (Å²) in [5.74, 6) is 0. The molecule has 0 radical (unpaired) electrons. The van der Waals surface area contributed by atoms with E-state index in [-0.39, 0.29) is 11.5 Å². The second-order valence-corrected chi connectivity index (χ2v) is 6.22. The maximum absolute atomic E-state index is 11.7. The van der Waals surface area contributed by atoms with Crippen molar-refractivity contribution in [3.63, 3.8) is 0 Å². The smallest absolute Gasteiger partial charge is 0.407 e. The molecule has 1 atom stereocenters. The number of amides is 1. The molecule has 0 aliphatic rings.